The molecule has 6 nitrogen and oxygen atoms in total. The third-order valence-corrected chi connectivity index (χ3v) is 6.66. The summed E-state index contributed by atoms with van der Waals surface area (Å²) in [5, 5.41) is 4.04. The van der Waals surface area contributed by atoms with Crippen LogP contribution in [0.3, 0.4) is 0 Å². The van der Waals surface area contributed by atoms with Gasteiger partial charge in [-0.05, 0) is 23.8 Å². The minimum atomic E-state index is -0.374. The zero-order valence-electron chi connectivity index (χ0n) is 17.5. The lowest BCUT2D eigenvalue weighted by molar-refractivity contribution is -0.116. The number of carbonyl (C=O) groups is 1. The van der Waals surface area contributed by atoms with Crippen molar-refractivity contribution < 1.29 is 9.53 Å². The molecule has 1 amide bonds. The number of nitrogens with one attached hydrogen (secondary N) is 1. The van der Waals surface area contributed by atoms with Crippen molar-refractivity contribution in [1.29, 1.82) is 0 Å². The van der Waals surface area contributed by atoms with Crippen LogP contribution in [0.15, 0.2) is 71.1 Å². The summed E-state index contributed by atoms with van der Waals surface area (Å²) in [6.45, 7) is 4.05. The number of nitrogens with zero attached hydrogens (tertiary/aromatic N) is 2. The highest BCUT2D eigenvalue weighted by molar-refractivity contribution is 7.99. The number of ether oxygens (including phenoxy) is 1. The molecule has 164 valence electrons. The van der Waals surface area contributed by atoms with E-state index in [1.807, 2.05) is 48.5 Å². The highest BCUT2D eigenvalue weighted by Crippen LogP contribution is 2.36. The van der Waals surface area contributed by atoms with Gasteiger partial charge in [-0.3, -0.25) is 9.59 Å². The van der Waals surface area contributed by atoms with E-state index in [4.69, 9.17) is 16.3 Å². The second-order valence-electron chi connectivity index (χ2n) is 7.37. The van der Waals surface area contributed by atoms with E-state index >= 15 is 0 Å². The van der Waals surface area contributed by atoms with E-state index < -0.39 is 0 Å². The fourth-order valence-electron chi connectivity index (χ4n) is 3.66. The van der Waals surface area contributed by atoms with Gasteiger partial charge in [-0.25, -0.2) is 0 Å². The molecule has 0 saturated heterocycles. The fraction of sp³-hybridized carbons (Fsp3) is 0.208. The van der Waals surface area contributed by atoms with E-state index in [2.05, 4.69) is 16.9 Å². The molecule has 0 fully saturated rings. The number of carbonyl (C=O) groups excluding carboxylic acids is 1. The van der Waals surface area contributed by atoms with E-state index in [-0.39, 0.29) is 23.8 Å². The molecule has 32 heavy (non-hydrogen) atoms. The van der Waals surface area contributed by atoms with Crippen molar-refractivity contribution in [2.75, 3.05) is 11.1 Å². The molecule has 0 unspecified atom stereocenters. The number of amides is 1. The second-order valence-corrected chi connectivity index (χ2v) is 8.77. The number of anilines is 1. The largest absolute Gasteiger partial charge is 0.489 e. The van der Waals surface area contributed by atoms with Gasteiger partial charge in [0.2, 0.25) is 5.91 Å². The van der Waals surface area contributed by atoms with Crippen molar-refractivity contribution in [3.63, 3.8) is 0 Å². The Labute approximate surface area is 195 Å². The molecule has 1 aliphatic rings. The maximum absolute atomic E-state index is 12.9. The predicted molar refractivity (Wildman–Crippen MR) is 128 cm³/mol. The molecular weight excluding hydrogens is 446 g/mol. The topological polar surface area (TPSA) is 73.2 Å². The smallest absolute Gasteiger partial charge is 0.279 e. The van der Waals surface area contributed by atoms with Gasteiger partial charge in [0.25, 0.3) is 5.56 Å². The quantitative estimate of drug-likeness (QED) is 0.308. The first-order chi connectivity index (χ1) is 15.5. The second kappa shape index (κ2) is 9.63. The molecule has 2 heterocycles. The van der Waals surface area contributed by atoms with Gasteiger partial charge in [0.1, 0.15) is 18.2 Å². The number of aromatic nitrogens is 2. The van der Waals surface area contributed by atoms with Crippen molar-refractivity contribution in [3.05, 3.63) is 93.3 Å². The Bertz CT molecular complexity index is 1220. The molecule has 1 atom stereocenters. The number of hydrogen-bond donors (Lipinski definition) is 1. The lowest BCUT2D eigenvalue weighted by Gasteiger charge is -2.27. The van der Waals surface area contributed by atoms with Crippen LogP contribution in [0.1, 0.15) is 29.0 Å². The van der Waals surface area contributed by atoms with Gasteiger partial charge in [0.15, 0.2) is 5.16 Å². The highest BCUT2D eigenvalue weighted by atomic mass is 35.5. The molecule has 8 heteroatoms. The van der Waals surface area contributed by atoms with E-state index in [9.17, 15) is 9.59 Å². The van der Waals surface area contributed by atoms with Crippen LogP contribution in [0.25, 0.3) is 0 Å². The number of halogens is 1. The summed E-state index contributed by atoms with van der Waals surface area (Å²) in [6, 6.07) is 15.0. The van der Waals surface area contributed by atoms with Gasteiger partial charge >= 0.3 is 0 Å². The first-order valence-electron chi connectivity index (χ1n) is 10.1. The molecule has 1 N–H and O–H groups in total. The molecular formula is C24H22ClN3O3S. The maximum Gasteiger partial charge on any atom is 0.279 e. The number of hydrogen-bond acceptors (Lipinski definition) is 5. The van der Waals surface area contributed by atoms with Crippen LogP contribution >= 0.6 is 23.4 Å². The molecule has 0 saturated carbocycles. The van der Waals surface area contributed by atoms with Gasteiger partial charge in [0.05, 0.1) is 5.56 Å². The molecule has 1 aromatic heterocycles. The van der Waals surface area contributed by atoms with E-state index in [1.165, 1.54) is 11.8 Å². The standard InChI is InChI=1S/C24H22ClN3O3S/c1-3-12-32-24-27-23(30)21-18(13-20(29)26-22(21)28(24)2)15-8-10-17(11-9-15)31-14-16-6-4-5-7-19(16)25/h3-11,18H,1,12-14H2,2H3,(H,26,29)/t18-/m1/s1. The monoisotopic (exact) mass is 467 g/mol. The van der Waals surface area contributed by atoms with Crippen molar-refractivity contribution in [2.24, 2.45) is 7.05 Å². The normalized spacial score (nSPS) is 15.1. The van der Waals surface area contributed by atoms with Gasteiger partial charge in [-0.15, -0.1) is 6.58 Å². The Morgan fingerprint density at radius 2 is 2.00 bits per heavy atom. The Hall–Kier alpha value is -3.03. The highest BCUT2D eigenvalue weighted by Gasteiger charge is 2.32. The third kappa shape index (κ3) is 4.59. The van der Waals surface area contributed by atoms with Crippen LogP contribution < -0.4 is 15.6 Å². The number of fused-ring (bicyclic) bond motifs is 1. The molecule has 0 radical (unpaired) electrons. The van der Waals surface area contributed by atoms with Crippen LogP contribution in [0.4, 0.5) is 5.82 Å². The van der Waals surface area contributed by atoms with E-state index in [1.54, 1.807) is 17.7 Å². The first kappa shape index (κ1) is 22.2. The number of benzene rings is 2. The average Bonchev–Trinajstić information content (AvgIpc) is 2.79. The minimum absolute atomic E-state index is 0.137. The first-order valence-corrected chi connectivity index (χ1v) is 11.4. The van der Waals surface area contributed by atoms with Crippen molar-refractivity contribution in [2.45, 2.75) is 24.1 Å². The van der Waals surface area contributed by atoms with Gasteiger partial charge in [-0.1, -0.05) is 59.8 Å². The van der Waals surface area contributed by atoms with Gasteiger partial charge < -0.3 is 14.6 Å². The number of rotatable bonds is 7. The summed E-state index contributed by atoms with van der Waals surface area (Å²) in [5.41, 5.74) is 1.93. The Morgan fingerprint density at radius 1 is 1.25 bits per heavy atom. The maximum atomic E-state index is 12.9. The summed E-state index contributed by atoms with van der Waals surface area (Å²) >= 11 is 7.58. The van der Waals surface area contributed by atoms with Crippen molar-refractivity contribution in [3.8, 4) is 5.75 Å². The molecule has 4 rings (SSSR count). The average molecular weight is 468 g/mol. The molecule has 0 aliphatic carbocycles. The molecule has 1 aliphatic heterocycles. The fourth-order valence-corrected chi connectivity index (χ4v) is 4.55. The Balaban J connectivity index is 1.60. The minimum Gasteiger partial charge on any atom is -0.489 e. The third-order valence-electron chi connectivity index (χ3n) is 5.27. The summed E-state index contributed by atoms with van der Waals surface area (Å²) in [7, 11) is 1.80. The van der Waals surface area contributed by atoms with Crippen LogP contribution in [0, 0.1) is 0 Å². The number of thioether (sulfide) groups is 1. The van der Waals surface area contributed by atoms with Gasteiger partial charge in [0, 0.05) is 35.7 Å². The van der Waals surface area contributed by atoms with Crippen LogP contribution in [-0.2, 0) is 18.4 Å². The SMILES string of the molecule is C=CCSc1nc(=O)c2c(n1C)NC(=O)C[C@@H]2c1ccc(OCc2ccccc2Cl)cc1. The Kier molecular flexibility index (Phi) is 6.67. The molecule has 0 spiro atoms. The van der Waals surface area contributed by atoms with Crippen LogP contribution in [0.2, 0.25) is 5.02 Å². The summed E-state index contributed by atoms with van der Waals surface area (Å²) in [6.07, 6.45) is 1.93. The summed E-state index contributed by atoms with van der Waals surface area (Å²) < 4.78 is 7.61. The molecule has 0 bridgehead atoms. The van der Waals surface area contributed by atoms with Crippen molar-refractivity contribution in [1.82, 2.24) is 9.55 Å². The van der Waals surface area contributed by atoms with E-state index in [0.29, 0.717) is 39.7 Å². The zero-order valence-corrected chi connectivity index (χ0v) is 19.1. The molecule has 2 aromatic carbocycles. The zero-order chi connectivity index (χ0) is 22.7. The lowest BCUT2D eigenvalue weighted by Crippen LogP contribution is -2.33. The van der Waals surface area contributed by atoms with E-state index in [0.717, 1.165) is 11.1 Å². The van der Waals surface area contributed by atoms with Crippen LogP contribution in [-0.4, -0.2) is 21.2 Å². The summed E-state index contributed by atoms with van der Waals surface area (Å²) in [4.78, 5) is 29.6. The van der Waals surface area contributed by atoms with Crippen LogP contribution in [0.5, 0.6) is 5.75 Å². The molecule has 3 aromatic rings. The van der Waals surface area contributed by atoms with Crippen molar-refractivity contribution >= 4 is 35.1 Å². The Morgan fingerprint density at radius 3 is 2.72 bits per heavy atom. The lowest BCUT2D eigenvalue weighted by atomic mass is 9.87. The summed E-state index contributed by atoms with van der Waals surface area (Å²) in [5.74, 6) is 1.28. The predicted octanol–water partition coefficient (Wildman–Crippen LogP) is 4.76. The van der Waals surface area contributed by atoms with Gasteiger partial charge in [-0.2, -0.15) is 4.98 Å².